The molecule has 1 saturated carbocycles. The first-order valence-electron chi connectivity index (χ1n) is 8.20. The fourth-order valence-electron chi connectivity index (χ4n) is 3.83. The van der Waals surface area contributed by atoms with Crippen molar-refractivity contribution in [3.05, 3.63) is 30.1 Å². The van der Waals surface area contributed by atoms with Crippen LogP contribution in [0.4, 0.5) is 0 Å². The van der Waals surface area contributed by atoms with Crippen LogP contribution in [-0.2, 0) is 0 Å². The van der Waals surface area contributed by atoms with Gasteiger partial charge < -0.3 is 5.32 Å². The summed E-state index contributed by atoms with van der Waals surface area (Å²) >= 11 is 0. The van der Waals surface area contributed by atoms with Crippen LogP contribution in [0.25, 0.3) is 0 Å². The lowest BCUT2D eigenvalue weighted by Crippen LogP contribution is -2.44. The molecule has 3 unspecified atom stereocenters. The Morgan fingerprint density at radius 3 is 2.75 bits per heavy atom. The van der Waals surface area contributed by atoms with Crippen molar-refractivity contribution in [1.29, 1.82) is 0 Å². The molecule has 1 aromatic heterocycles. The van der Waals surface area contributed by atoms with Gasteiger partial charge in [-0.1, -0.05) is 40.2 Å². The van der Waals surface area contributed by atoms with E-state index < -0.39 is 0 Å². The van der Waals surface area contributed by atoms with Gasteiger partial charge in [0, 0.05) is 23.9 Å². The SMILES string of the molecule is CCCNC(C(C)c1ccccn1)C1CCCC1(C)C. The van der Waals surface area contributed by atoms with E-state index in [2.05, 4.69) is 50.1 Å². The zero-order valence-electron chi connectivity index (χ0n) is 13.5. The highest BCUT2D eigenvalue weighted by atomic mass is 14.9. The number of hydrogen-bond donors (Lipinski definition) is 1. The van der Waals surface area contributed by atoms with Crippen molar-refractivity contribution >= 4 is 0 Å². The standard InChI is InChI=1S/C18H30N2/c1-5-12-20-17(15-9-8-11-18(15,3)4)14(2)16-10-6-7-13-19-16/h6-7,10,13-15,17,20H,5,8-9,11-12H2,1-4H3. The van der Waals surface area contributed by atoms with E-state index in [1.165, 1.54) is 31.4 Å². The normalized spacial score (nSPS) is 24.5. The van der Waals surface area contributed by atoms with E-state index in [0.717, 1.165) is 12.5 Å². The molecule has 0 aliphatic heterocycles. The number of nitrogens with zero attached hydrogens (tertiary/aromatic N) is 1. The molecule has 1 heterocycles. The molecule has 1 fully saturated rings. The van der Waals surface area contributed by atoms with Gasteiger partial charge in [-0.25, -0.2) is 0 Å². The van der Waals surface area contributed by atoms with Gasteiger partial charge in [-0.05, 0) is 49.3 Å². The largest absolute Gasteiger partial charge is 0.313 e. The molecule has 112 valence electrons. The molecule has 1 aromatic rings. The molecule has 0 aromatic carbocycles. The van der Waals surface area contributed by atoms with Crippen molar-refractivity contribution in [2.75, 3.05) is 6.54 Å². The Bertz CT molecular complexity index is 399. The molecule has 20 heavy (non-hydrogen) atoms. The maximum Gasteiger partial charge on any atom is 0.0447 e. The van der Waals surface area contributed by atoms with E-state index in [9.17, 15) is 0 Å². The molecule has 3 atom stereocenters. The third-order valence-corrected chi connectivity index (χ3v) is 5.10. The minimum Gasteiger partial charge on any atom is -0.313 e. The quantitative estimate of drug-likeness (QED) is 0.832. The second-order valence-corrected chi connectivity index (χ2v) is 7.01. The molecule has 0 spiro atoms. The first-order chi connectivity index (χ1) is 9.56. The van der Waals surface area contributed by atoms with E-state index in [1.54, 1.807) is 0 Å². The second-order valence-electron chi connectivity index (χ2n) is 7.01. The lowest BCUT2D eigenvalue weighted by Gasteiger charge is -2.38. The van der Waals surface area contributed by atoms with E-state index in [1.807, 2.05) is 12.3 Å². The highest BCUT2D eigenvalue weighted by Gasteiger charge is 2.41. The summed E-state index contributed by atoms with van der Waals surface area (Å²) in [4.78, 5) is 4.59. The van der Waals surface area contributed by atoms with E-state index in [4.69, 9.17) is 0 Å². The van der Waals surface area contributed by atoms with E-state index in [0.29, 0.717) is 17.4 Å². The third-order valence-electron chi connectivity index (χ3n) is 5.10. The Hall–Kier alpha value is -0.890. The monoisotopic (exact) mass is 274 g/mol. The van der Waals surface area contributed by atoms with Crippen LogP contribution in [0.3, 0.4) is 0 Å². The van der Waals surface area contributed by atoms with Gasteiger partial charge in [0.25, 0.3) is 0 Å². The van der Waals surface area contributed by atoms with Gasteiger partial charge in [0.2, 0.25) is 0 Å². The second kappa shape index (κ2) is 6.71. The molecule has 1 aliphatic carbocycles. The molecule has 0 bridgehead atoms. The van der Waals surface area contributed by atoms with Gasteiger partial charge in [0.15, 0.2) is 0 Å². The van der Waals surface area contributed by atoms with E-state index in [-0.39, 0.29) is 0 Å². The maximum atomic E-state index is 4.59. The Morgan fingerprint density at radius 1 is 1.40 bits per heavy atom. The molecule has 0 saturated heterocycles. The fourth-order valence-corrected chi connectivity index (χ4v) is 3.83. The Kier molecular flexibility index (Phi) is 5.20. The van der Waals surface area contributed by atoms with Crippen LogP contribution in [-0.4, -0.2) is 17.6 Å². The van der Waals surface area contributed by atoms with Gasteiger partial charge in [0.05, 0.1) is 0 Å². The molecular formula is C18H30N2. The molecule has 2 heteroatoms. The summed E-state index contributed by atoms with van der Waals surface area (Å²) in [5, 5.41) is 3.83. The first-order valence-corrected chi connectivity index (χ1v) is 8.20. The maximum absolute atomic E-state index is 4.59. The van der Waals surface area contributed by atoms with Crippen LogP contribution in [0.1, 0.15) is 65.0 Å². The van der Waals surface area contributed by atoms with Gasteiger partial charge >= 0.3 is 0 Å². The number of hydrogen-bond acceptors (Lipinski definition) is 2. The molecular weight excluding hydrogens is 244 g/mol. The highest BCUT2D eigenvalue weighted by Crippen LogP contribution is 2.46. The summed E-state index contributed by atoms with van der Waals surface area (Å²) in [5.41, 5.74) is 1.68. The average Bonchev–Trinajstić information content (AvgIpc) is 2.80. The summed E-state index contributed by atoms with van der Waals surface area (Å²) in [6, 6.07) is 6.83. The van der Waals surface area contributed by atoms with Gasteiger partial charge in [-0.2, -0.15) is 0 Å². The van der Waals surface area contributed by atoms with Crippen LogP contribution < -0.4 is 5.32 Å². The Labute approximate surface area is 124 Å². The van der Waals surface area contributed by atoms with Crippen molar-refractivity contribution in [2.24, 2.45) is 11.3 Å². The Balaban J connectivity index is 2.19. The highest BCUT2D eigenvalue weighted by molar-refractivity contribution is 5.13. The molecule has 2 nitrogen and oxygen atoms in total. The predicted octanol–water partition coefficient (Wildman–Crippen LogP) is 4.38. The first kappa shape index (κ1) is 15.5. The van der Waals surface area contributed by atoms with Crippen LogP contribution in [0, 0.1) is 11.3 Å². The number of nitrogens with one attached hydrogen (secondary N) is 1. The molecule has 1 N–H and O–H groups in total. The molecule has 0 radical (unpaired) electrons. The smallest absolute Gasteiger partial charge is 0.0447 e. The van der Waals surface area contributed by atoms with Crippen molar-refractivity contribution in [2.45, 2.75) is 65.3 Å². The summed E-state index contributed by atoms with van der Waals surface area (Å²) < 4.78 is 0. The minimum absolute atomic E-state index is 0.453. The fraction of sp³-hybridized carbons (Fsp3) is 0.722. The summed E-state index contributed by atoms with van der Waals surface area (Å²) in [6.45, 7) is 10.6. The lowest BCUT2D eigenvalue weighted by molar-refractivity contribution is 0.179. The van der Waals surface area contributed by atoms with Crippen LogP contribution in [0.5, 0.6) is 0 Å². The molecule has 2 rings (SSSR count). The number of rotatable bonds is 6. The van der Waals surface area contributed by atoms with Gasteiger partial charge in [0.1, 0.15) is 0 Å². The molecule has 1 aliphatic rings. The molecule has 0 amide bonds. The van der Waals surface area contributed by atoms with Crippen LogP contribution >= 0.6 is 0 Å². The van der Waals surface area contributed by atoms with Crippen LogP contribution in [0.15, 0.2) is 24.4 Å². The Morgan fingerprint density at radius 2 is 2.20 bits per heavy atom. The van der Waals surface area contributed by atoms with Crippen molar-refractivity contribution < 1.29 is 0 Å². The van der Waals surface area contributed by atoms with Crippen molar-refractivity contribution in [3.8, 4) is 0 Å². The van der Waals surface area contributed by atoms with Crippen molar-refractivity contribution in [1.82, 2.24) is 10.3 Å². The summed E-state index contributed by atoms with van der Waals surface area (Å²) in [7, 11) is 0. The van der Waals surface area contributed by atoms with Gasteiger partial charge in [-0.3, -0.25) is 4.98 Å². The zero-order valence-corrected chi connectivity index (χ0v) is 13.5. The summed E-state index contributed by atoms with van der Waals surface area (Å²) in [5.74, 6) is 1.23. The zero-order chi connectivity index (χ0) is 14.6. The predicted molar refractivity (Wildman–Crippen MR) is 85.9 cm³/mol. The number of aromatic nitrogens is 1. The number of pyridine rings is 1. The third kappa shape index (κ3) is 3.41. The summed E-state index contributed by atoms with van der Waals surface area (Å²) in [6.07, 6.45) is 7.19. The minimum atomic E-state index is 0.453. The lowest BCUT2D eigenvalue weighted by atomic mass is 9.73. The van der Waals surface area contributed by atoms with Crippen LogP contribution in [0.2, 0.25) is 0 Å². The van der Waals surface area contributed by atoms with E-state index >= 15 is 0 Å². The topological polar surface area (TPSA) is 24.9 Å². The van der Waals surface area contributed by atoms with Crippen molar-refractivity contribution in [3.63, 3.8) is 0 Å². The average molecular weight is 274 g/mol. The van der Waals surface area contributed by atoms with Gasteiger partial charge in [-0.15, -0.1) is 0 Å².